The summed E-state index contributed by atoms with van der Waals surface area (Å²) in [4.78, 5) is 27.5. The molecule has 2 aromatic carbocycles. The third-order valence-corrected chi connectivity index (χ3v) is 5.10. The summed E-state index contributed by atoms with van der Waals surface area (Å²) in [6.07, 6.45) is 1.28. The second-order valence-electron chi connectivity index (χ2n) is 6.34. The van der Waals surface area contributed by atoms with Crippen LogP contribution in [0.15, 0.2) is 36.4 Å². The first-order chi connectivity index (χ1) is 13.4. The highest BCUT2D eigenvalue weighted by Crippen LogP contribution is 2.31. The third kappa shape index (κ3) is 4.18. The van der Waals surface area contributed by atoms with Crippen LogP contribution in [-0.4, -0.2) is 43.5 Å². The molecular formula is C20H20Cl2N2O4. The van der Waals surface area contributed by atoms with Crippen LogP contribution in [0.5, 0.6) is 11.5 Å². The van der Waals surface area contributed by atoms with E-state index in [-0.39, 0.29) is 11.8 Å². The van der Waals surface area contributed by atoms with Crippen LogP contribution < -0.4 is 14.8 Å². The second-order valence-corrected chi connectivity index (χ2v) is 7.21. The number of nitrogens with zero attached hydrogens (tertiary/aromatic N) is 1. The van der Waals surface area contributed by atoms with E-state index in [9.17, 15) is 9.59 Å². The van der Waals surface area contributed by atoms with Crippen LogP contribution >= 0.6 is 23.2 Å². The van der Waals surface area contributed by atoms with Crippen molar-refractivity contribution >= 4 is 40.7 Å². The molecule has 1 atom stereocenters. The fourth-order valence-corrected chi connectivity index (χ4v) is 3.62. The van der Waals surface area contributed by atoms with Gasteiger partial charge in [-0.3, -0.25) is 9.59 Å². The summed E-state index contributed by atoms with van der Waals surface area (Å²) in [6.45, 7) is 0.471. The predicted octanol–water partition coefficient (Wildman–Crippen LogP) is 4.25. The highest BCUT2D eigenvalue weighted by molar-refractivity contribution is 6.31. The van der Waals surface area contributed by atoms with Crippen molar-refractivity contribution in [3.05, 3.63) is 52.0 Å². The van der Waals surface area contributed by atoms with Crippen LogP contribution in [0.25, 0.3) is 0 Å². The topological polar surface area (TPSA) is 67.9 Å². The summed E-state index contributed by atoms with van der Waals surface area (Å²) >= 11 is 12.1. The number of carbonyl (C=O) groups is 2. The molecule has 1 aliphatic heterocycles. The van der Waals surface area contributed by atoms with Gasteiger partial charge in [-0.25, -0.2) is 0 Å². The number of benzene rings is 2. The first kappa shape index (κ1) is 20.3. The lowest BCUT2D eigenvalue weighted by Gasteiger charge is -2.25. The van der Waals surface area contributed by atoms with Crippen molar-refractivity contribution in [1.82, 2.24) is 4.90 Å². The number of rotatable bonds is 5. The largest absolute Gasteiger partial charge is 0.496 e. The molecule has 0 radical (unpaired) electrons. The summed E-state index contributed by atoms with van der Waals surface area (Å²) in [6, 6.07) is 9.18. The first-order valence-electron chi connectivity index (χ1n) is 8.73. The highest BCUT2D eigenvalue weighted by atomic mass is 35.5. The van der Waals surface area contributed by atoms with E-state index in [0.29, 0.717) is 45.8 Å². The molecule has 1 heterocycles. The minimum atomic E-state index is -0.611. The van der Waals surface area contributed by atoms with E-state index in [0.717, 1.165) is 6.42 Å². The molecule has 8 heteroatoms. The number of methoxy groups -OCH3 is 2. The molecule has 1 unspecified atom stereocenters. The second kappa shape index (κ2) is 8.71. The molecule has 0 saturated carbocycles. The Bertz CT molecular complexity index is 904. The predicted molar refractivity (Wildman–Crippen MR) is 109 cm³/mol. The number of amides is 2. The standard InChI is InChI=1S/C20H20Cl2N2O4/c1-27-17-7-5-12(21)10-14(17)20(26)24-9-3-4-16(24)19(25)23-15-11-13(22)6-8-18(15)28-2/h5-8,10-11,16H,3-4,9H2,1-2H3,(H,23,25). The van der Waals surface area contributed by atoms with E-state index in [1.54, 1.807) is 41.3 Å². The molecule has 0 aromatic heterocycles. The first-order valence-corrected chi connectivity index (χ1v) is 9.49. The molecule has 2 aromatic rings. The minimum absolute atomic E-state index is 0.296. The zero-order valence-corrected chi connectivity index (χ0v) is 17.0. The molecular weight excluding hydrogens is 403 g/mol. The number of anilines is 1. The van der Waals surface area contributed by atoms with Gasteiger partial charge in [0.15, 0.2) is 0 Å². The van der Waals surface area contributed by atoms with E-state index >= 15 is 0 Å². The average molecular weight is 423 g/mol. The van der Waals surface area contributed by atoms with Crippen LogP contribution in [0.4, 0.5) is 5.69 Å². The van der Waals surface area contributed by atoms with Gasteiger partial charge < -0.3 is 19.7 Å². The SMILES string of the molecule is COc1ccc(Cl)cc1NC(=O)C1CCCN1C(=O)c1cc(Cl)ccc1OC. The van der Waals surface area contributed by atoms with Crippen molar-refractivity contribution in [2.24, 2.45) is 0 Å². The molecule has 3 rings (SSSR count). The van der Waals surface area contributed by atoms with Gasteiger partial charge in [-0.05, 0) is 49.2 Å². The summed E-state index contributed by atoms with van der Waals surface area (Å²) in [7, 11) is 3.00. The molecule has 0 aliphatic carbocycles. The third-order valence-electron chi connectivity index (χ3n) is 4.63. The zero-order valence-electron chi connectivity index (χ0n) is 15.5. The Hall–Kier alpha value is -2.44. The Labute approximate surface area is 173 Å². The lowest BCUT2D eigenvalue weighted by atomic mass is 10.1. The van der Waals surface area contributed by atoms with Crippen molar-refractivity contribution in [3.8, 4) is 11.5 Å². The van der Waals surface area contributed by atoms with Gasteiger partial charge in [-0.15, -0.1) is 0 Å². The van der Waals surface area contributed by atoms with Gasteiger partial charge in [0.05, 0.1) is 25.5 Å². The maximum absolute atomic E-state index is 13.1. The molecule has 1 fully saturated rings. The van der Waals surface area contributed by atoms with E-state index in [4.69, 9.17) is 32.7 Å². The van der Waals surface area contributed by atoms with Crippen LogP contribution in [0.3, 0.4) is 0 Å². The smallest absolute Gasteiger partial charge is 0.258 e. The molecule has 148 valence electrons. The van der Waals surface area contributed by atoms with Crippen LogP contribution in [-0.2, 0) is 4.79 Å². The molecule has 0 bridgehead atoms. The Kier molecular flexibility index (Phi) is 6.31. The number of hydrogen-bond acceptors (Lipinski definition) is 4. The fourth-order valence-electron chi connectivity index (χ4n) is 3.28. The number of hydrogen-bond donors (Lipinski definition) is 1. The highest BCUT2D eigenvalue weighted by Gasteiger charge is 2.36. The molecule has 0 spiro atoms. The van der Waals surface area contributed by atoms with Gasteiger partial charge in [0.1, 0.15) is 17.5 Å². The van der Waals surface area contributed by atoms with Crippen molar-refractivity contribution in [3.63, 3.8) is 0 Å². The monoisotopic (exact) mass is 422 g/mol. The Balaban J connectivity index is 1.83. The van der Waals surface area contributed by atoms with Crippen molar-refractivity contribution in [2.75, 3.05) is 26.1 Å². The summed E-state index contributed by atoms with van der Waals surface area (Å²) < 4.78 is 10.5. The summed E-state index contributed by atoms with van der Waals surface area (Å²) in [5, 5.41) is 3.72. The molecule has 1 aliphatic rings. The molecule has 1 N–H and O–H groups in total. The van der Waals surface area contributed by atoms with E-state index < -0.39 is 6.04 Å². The number of nitrogens with one attached hydrogen (secondary N) is 1. The lowest BCUT2D eigenvalue weighted by molar-refractivity contribution is -0.119. The van der Waals surface area contributed by atoms with Crippen LogP contribution in [0.2, 0.25) is 10.0 Å². The maximum atomic E-state index is 13.1. The average Bonchev–Trinajstić information content (AvgIpc) is 3.17. The van der Waals surface area contributed by atoms with E-state index in [2.05, 4.69) is 5.32 Å². The number of carbonyl (C=O) groups excluding carboxylic acids is 2. The Morgan fingerprint density at radius 3 is 2.36 bits per heavy atom. The van der Waals surface area contributed by atoms with Crippen molar-refractivity contribution in [1.29, 1.82) is 0 Å². The van der Waals surface area contributed by atoms with Crippen LogP contribution in [0, 0.1) is 0 Å². The van der Waals surface area contributed by atoms with Crippen molar-refractivity contribution in [2.45, 2.75) is 18.9 Å². The van der Waals surface area contributed by atoms with Gasteiger partial charge in [0.25, 0.3) is 5.91 Å². The van der Waals surface area contributed by atoms with Gasteiger partial charge in [-0.1, -0.05) is 23.2 Å². The normalized spacial score (nSPS) is 16.0. The molecule has 28 heavy (non-hydrogen) atoms. The summed E-state index contributed by atoms with van der Waals surface area (Å²) in [5.74, 6) is 0.310. The lowest BCUT2D eigenvalue weighted by Crippen LogP contribution is -2.43. The van der Waals surface area contributed by atoms with Gasteiger partial charge in [0.2, 0.25) is 5.91 Å². The minimum Gasteiger partial charge on any atom is -0.496 e. The Morgan fingerprint density at radius 1 is 1.04 bits per heavy atom. The summed E-state index contributed by atoms with van der Waals surface area (Å²) in [5.41, 5.74) is 0.787. The van der Waals surface area contributed by atoms with Gasteiger partial charge in [-0.2, -0.15) is 0 Å². The van der Waals surface area contributed by atoms with Crippen LogP contribution in [0.1, 0.15) is 23.2 Å². The Morgan fingerprint density at radius 2 is 1.68 bits per heavy atom. The number of halogens is 2. The zero-order chi connectivity index (χ0) is 20.3. The fraction of sp³-hybridized carbons (Fsp3) is 0.300. The molecule has 6 nitrogen and oxygen atoms in total. The van der Waals surface area contributed by atoms with Crippen molar-refractivity contribution < 1.29 is 19.1 Å². The number of ether oxygens (including phenoxy) is 2. The molecule has 1 saturated heterocycles. The van der Waals surface area contributed by atoms with Gasteiger partial charge in [0, 0.05) is 16.6 Å². The maximum Gasteiger partial charge on any atom is 0.258 e. The van der Waals surface area contributed by atoms with E-state index in [1.807, 2.05) is 0 Å². The number of likely N-dealkylation sites (tertiary alicyclic amines) is 1. The van der Waals surface area contributed by atoms with Gasteiger partial charge >= 0.3 is 0 Å². The molecule has 2 amide bonds. The quantitative estimate of drug-likeness (QED) is 0.781. The van der Waals surface area contributed by atoms with E-state index in [1.165, 1.54) is 14.2 Å².